The molecule has 1 saturated carbocycles. The number of benzene rings is 1. The number of aryl methyl sites for hydroxylation is 1. The summed E-state index contributed by atoms with van der Waals surface area (Å²) in [6, 6.07) is 9.35. The van der Waals surface area contributed by atoms with Crippen molar-refractivity contribution in [1.29, 1.82) is 0 Å². The van der Waals surface area contributed by atoms with E-state index in [1.54, 1.807) is 11.1 Å². The second-order valence-electron chi connectivity index (χ2n) is 11.9. The summed E-state index contributed by atoms with van der Waals surface area (Å²) in [7, 11) is 0. The number of nitrogens with zero attached hydrogens (tertiary/aromatic N) is 4. The minimum atomic E-state index is -0.471. The first-order chi connectivity index (χ1) is 19.9. The largest absolute Gasteiger partial charge is 0.489 e. The summed E-state index contributed by atoms with van der Waals surface area (Å²) >= 11 is 0. The number of amides is 2. The molecule has 9 nitrogen and oxygen atoms in total. The Labute approximate surface area is 237 Å². The number of pyridine rings is 1. The molecule has 1 aromatic carbocycles. The number of hydrogen-bond donors (Lipinski definition) is 2. The molecule has 4 aromatic rings. The maximum Gasteiger partial charge on any atom is 0.255 e. The van der Waals surface area contributed by atoms with Crippen LogP contribution in [0.2, 0.25) is 0 Å². The molecule has 0 bridgehead atoms. The summed E-state index contributed by atoms with van der Waals surface area (Å²) in [5.41, 5.74) is 10.00. The van der Waals surface area contributed by atoms with Gasteiger partial charge in [-0.25, -0.2) is 8.91 Å². The predicted molar refractivity (Wildman–Crippen MR) is 153 cm³/mol. The van der Waals surface area contributed by atoms with Gasteiger partial charge < -0.3 is 25.3 Å². The van der Waals surface area contributed by atoms with Gasteiger partial charge in [-0.15, -0.1) is 0 Å². The van der Waals surface area contributed by atoms with E-state index in [4.69, 9.17) is 15.6 Å². The number of aromatic nitrogens is 3. The number of piperidine rings is 1. The smallest absolute Gasteiger partial charge is 0.255 e. The lowest BCUT2D eigenvalue weighted by Gasteiger charge is -2.30. The highest BCUT2D eigenvalue weighted by atomic mass is 19.1. The number of hydrogen-bond acceptors (Lipinski definition) is 5. The second kappa shape index (κ2) is 10.2. The molecule has 1 aliphatic carbocycles. The minimum absolute atomic E-state index is 0.00492. The van der Waals surface area contributed by atoms with Crippen LogP contribution in [0.5, 0.6) is 5.75 Å². The van der Waals surface area contributed by atoms with Gasteiger partial charge in [0, 0.05) is 49.2 Å². The first-order valence-electron chi connectivity index (χ1n) is 14.6. The summed E-state index contributed by atoms with van der Waals surface area (Å²) in [4.78, 5) is 26.6. The molecule has 5 heterocycles. The van der Waals surface area contributed by atoms with Crippen molar-refractivity contribution >= 4 is 28.2 Å². The van der Waals surface area contributed by atoms with E-state index in [1.165, 1.54) is 23.4 Å². The molecule has 0 radical (unpaired) electrons. The van der Waals surface area contributed by atoms with Gasteiger partial charge in [0.15, 0.2) is 0 Å². The van der Waals surface area contributed by atoms with Crippen LogP contribution in [0.15, 0.2) is 36.5 Å². The summed E-state index contributed by atoms with van der Waals surface area (Å²) in [6.07, 6.45) is 7.00. The van der Waals surface area contributed by atoms with Crippen LogP contribution in [0.1, 0.15) is 54.4 Å². The summed E-state index contributed by atoms with van der Waals surface area (Å²) < 4.78 is 25.6. The maximum atomic E-state index is 15.6. The van der Waals surface area contributed by atoms with Gasteiger partial charge in [0.1, 0.15) is 29.4 Å². The van der Waals surface area contributed by atoms with Gasteiger partial charge in [0.2, 0.25) is 5.91 Å². The molecular formula is C31H35FN6O3. The summed E-state index contributed by atoms with van der Waals surface area (Å²) in [5.74, 6) is 0.700. The number of nitrogens with two attached hydrogens (primary N) is 1. The molecule has 214 valence electrons. The van der Waals surface area contributed by atoms with Gasteiger partial charge in [0.25, 0.3) is 5.91 Å². The highest BCUT2D eigenvalue weighted by molar-refractivity contribution is 5.95. The van der Waals surface area contributed by atoms with E-state index in [9.17, 15) is 9.59 Å². The van der Waals surface area contributed by atoms with Crippen LogP contribution in [0.25, 0.3) is 27.8 Å². The van der Waals surface area contributed by atoms with E-state index in [2.05, 4.69) is 22.0 Å². The van der Waals surface area contributed by atoms with Crippen molar-refractivity contribution in [3.63, 3.8) is 0 Å². The normalized spacial score (nSPS) is 21.1. The lowest BCUT2D eigenvalue weighted by Crippen LogP contribution is -2.45. The summed E-state index contributed by atoms with van der Waals surface area (Å²) in [5, 5.41) is 8.84. The number of ether oxygens (including phenoxy) is 1. The first kappa shape index (κ1) is 26.0. The molecule has 3 aliphatic rings. The maximum absolute atomic E-state index is 15.6. The second-order valence-corrected chi connectivity index (χ2v) is 11.9. The molecule has 3 N–H and O–H groups in total. The van der Waals surface area contributed by atoms with Gasteiger partial charge in [-0.2, -0.15) is 5.10 Å². The minimum Gasteiger partial charge on any atom is -0.489 e. The average molecular weight is 559 g/mol. The van der Waals surface area contributed by atoms with Gasteiger partial charge in [-0.1, -0.05) is 12.1 Å². The van der Waals surface area contributed by atoms with Crippen LogP contribution in [0.4, 0.5) is 4.39 Å². The topological polar surface area (TPSA) is 107 Å². The van der Waals surface area contributed by atoms with E-state index in [0.717, 1.165) is 53.7 Å². The van der Waals surface area contributed by atoms with Crippen molar-refractivity contribution in [3.8, 4) is 17.1 Å². The van der Waals surface area contributed by atoms with Crippen LogP contribution >= 0.6 is 0 Å². The fraction of sp³-hybridized carbons (Fsp3) is 0.452. The van der Waals surface area contributed by atoms with Gasteiger partial charge in [0.05, 0.1) is 22.8 Å². The molecule has 0 unspecified atom stereocenters. The van der Waals surface area contributed by atoms with E-state index in [1.807, 2.05) is 19.1 Å². The summed E-state index contributed by atoms with van der Waals surface area (Å²) in [6.45, 7) is 4.19. The van der Waals surface area contributed by atoms with Crippen molar-refractivity contribution in [1.82, 2.24) is 24.4 Å². The van der Waals surface area contributed by atoms with E-state index in [0.29, 0.717) is 43.2 Å². The lowest BCUT2D eigenvalue weighted by molar-refractivity contribution is -0.119. The van der Waals surface area contributed by atoms with Crippen LogP contribution in [-0.4, -0.2) is 62.7 Å². The molecule has 3 aromatic heterocycles. The Morgan fingerprint density at radius 1 is 1.20 bits per heavy atom. The van der Waals surface area contributed by atoms with Crippen molar-refractivity contribution in [2.45, 2.75) is 64.1 Å². The third-order valence-corrected chi connectivity index (χ3v) is 8.70. The zero-order valence-electron chi connectivity index (χ0n) is 23.2. The van der Waals surface area contributed by atoms with Crippen molar-refractivity contribution in [2.24, 2.45) is 11.7 Å². The SMILES string of the molecule is Cc1c(-c2cc3cccc(OC[C@@H]4CCC(=O)N4)c3n2CC2CC2)nn2cc(C(=O)N3CCC[C@@H](N)C3)cc(F)c12. The van der Waals surface area contributed by atoms with Crippen LogP contribution in [-0.2, 0) is 11.3 Å². The molecule has 2 atom stereocenters. The Morgan fingerprint density at radius 3 is 2.80 bits per heavy atom. The Morgan fingerprint density at radius 2 is 2.05 bits per heavy atom. The molecule has 7 rings (SSSR count). The highest BCUT2D eigenvalue weighted by Gasteiger charge is 2.29. The van der Waals surface area contributed by atoms with Crippen molar-refractivity contribution in [2.75, 3.05) is 19.7 Å². The van der Waals surface area contributed by atoms with Crippen molar-refractivity contribution < 1.29 is 18.7 Å². The third kappa shape index (κ3) is 4.84. The predicted octanol–water partition coefficient (Wildman–Crippen LogP) is 4.03. The number of carbonyl (C=O) groups is 2. The molecule has 10 heteroatoms. The van der Waals surface area contributed by atoms with Crippen LogP contribution < -0.4 is 15.8 Å². The van der Waals surface area contributed by atoms with E-state index < -0.39 is 5.82 Å². The fourth-order valence-electron chi connectivity index (χ4n) is 6.35. The highest BCUT2D eigenvalue weighted by Crippen LogP contribution is 2.40. The number of likely N-dealkylation sites (tertiary alicyclic amines) is 1. The number of rotatable bonds is 7. The molecule has 2 aliphatic heterocycles. The quantitative estimate of drug-likeness (QED) is 0.356. The zero-order chi connectivity index (χ0) is 28.2. The number of nitrogens with one attached hydrogen (secondary N) is 1. The lowest BCUT2D eigenvalue weighted by atomic mass is 10.1. The Kier molecular flexibility index (Phi) is 6.45. The van der Waals surface area contributed by atoms with E-state index in [-0.39, 0.29) is 29.5 Å². The molecule has 2 amide bonds. The van der Waals surface area contributed by atoms with E-state index >= 15 is 4.39 Å². The molecular weight excluding hydrogens is 523 g/mol. The third-order valence-electron chi connectivity index (χ3n) is 8.70. The van der Waals surface area contributed by atoms with Crippen molar-refractivity contribution in [3.05, 3.63) is 53.5 Å². The molecule has 0 spiro atoms. The van der Waals surface area contributed by atoms with Crippen LogP contribution in [0, 0.1) is 18.7 Å². The molecule has 3 fully saturated rings. The van der Waals surface area contributed by atoms with Gasteiger partial charge in [-0.3, -0.25) is 9.59 Å². The first-order valence-corrected chi connectivity index (χ1v) is 14.6. The molecule has 2 saturated heterocycles. The monoisotopic (exact) mass is 558 g/mol. The Hall–Kier alpha value is -3.92. The number of para-hydroxylation sites is 1. The number of carbonyl (C=O) groups excluding carboxylic acids is 2. The fourth-order valence-corrected chi connectivity index (χ4v) is 6.35. The number of fused-ring (bicyclic) bond motifs is 2. The zero-order valence-corrected chi connectivity index (χ0v) is 23.2. The Bertz CT molecular complexity index is 1670. The van der Waals surface area contributed by atoms with Gasteiger partial charge >= 0.3 is 0 Å². The standard InChI is InChI=1S/C31H35FN6O3/c1-18-28(35-38-15-21(12-24(32)29(18)38)31(40)36-11-3-5-22(33)16-36)25-13-20-4-2-6-26(30(20)37(25)14-19-7-8-19)41-17-23-9-10-27(39)34-23/h2,4,6,12-13,15,19,22-23H,3,5,7-11,14,16-17,33H2,1H3,(H,34,39)/t22-,23+/m1/s1. The van der Waals surface area contributed by atoms with Crippen LogP contribution in [0.3, 0.4) is 0 Å². The Balaban J connectivity index is 1.28. The molecule has 41 heavy (non-hydrogen) atoms. The van der Waals surface area contributed by atoms with Gasteiger partial charge in [-0.05, 0) is 63.1 Å². The average Bonchev–Trinajstić information content (AvgIpc) is 3.41. The number of halogens is 1.